The van der Waals surface area contributed by atoms with Crippen LogP contribution >= 0.6 is 0 Å². The third-order valence-electron chi connectivity index (χ3n) is 1.18. The van der Waals surface area contributed by atoms with Crippen LogP contribution in [-0.4, -0.2) is 14.2 Å². The standard InChI is InChI=1S/C2H3.2CH3O.CH3.Ti/c3*1-2;;/h1H,2H2;2*1H3;1H3;/q;2*-1;;+2. The molecule has 0 unspecified atom stereocenters. The van der Waals surface area contributed by atoms with Gasteiger partial charge in [0.2, 0.25) is 0 Å². The summed E-state index contributed by atoms with van der Waals surface area (Å²) in [6.45, 7) is 3.61. The summed E-state index contributed by atoms with van der Waals surface area (Å²) in [6, 6.07) is 0. The predicted octanol–water partition coefficient (Wildman–Crippen LogP) is 1.45. The predicted molar refractivity (Wildman–Crippen MR) is 30.1 cm³/mol. The van der Waals surface area contributed by atoms with Crippen molar-refractivity contribution in [3.63, 3.8) is 0 Å². The first-order valence-electron chi connectivity index (χ1n) is 2.42. The Bertz CT molecular complexity index is 78.5. The van der Waals surface area contributed by atoms with E-state index in [0.717, 1.165) is 0 Å². The molecule has 0 amide bonds. The summed E-state index contributed by atoms with van der Waals surface area (Å²) in [5.74, 6) is 0. The van der Waals surface area contributed by atoms with Gasteiger partial charge in [-0.05, 0) is 0 Å². The van der Waals surface area contributed by atoms with Gasteiger partial charge in [-0.15, -0.1) is 0 Å². The molecule has 0 aromatic rings. The van der Waals surface area contributed by atoms with E-state index in [4.69, 9.17) is 6.64 Å². The van der Waals surface area contributed by atoms with E-state index >= 15 is 0 Å². The number of rotatable bonds is 3. The molecule has 2 nitrogen and oxygen atoms in total. The fraction of sp³-hybridized carbons (Fsp3) is 0.600. The Morgan fingerprint density at radius 1 is 1.38 bits per heavy atom. The van der Waals surface area contributed by atoms with Crippen LogP contribution in [0.15, 0.2) is 11.0 Å². The van der Waals surface area contributed by atoms with Crippen LogP contribution < -0.4 is 0 Å². The van der Waals surface area contributed by atoms with Gasteiger partial charge in [0.05, 0.1) is 0 Å². The van der Waals surface area contributed by atoms with Crippen LogP contribution in [0.5, 0.6) is 0 Å². The summed E-state index contributed by atoms with van der Waals surface area (Å²) in [7, 11) is 3.32. The molecule has 0 aromatic heterocycles. The molecule has 0 aromatic carbocycles. The van der Waals surface area contributed by atoms with Crippen LogP contribution in [0.3, 0.4) is 0 Å². The molecule has 3 heteroatoms. The first-order valence-corrected chi connectivity index (χ1v) is 6.16. The Morgan fingerprint density at radius 2 is 1.75 bits per heavy atom. The van der Waals surface area contributed by atoms with Gasteiger partial charge in [-0.25, -0.2) is 0 Å². The molecule has 0 heterocycles. The Labute approximate surface area is 54.8 Å². The van der Waals surface area contributed by atoms with Crippen molar-refractivity contribution in [2.45, 2.75) is 5.23 Å². The number of hydrogen-bond acceptors (Lipinski definition) is 2. The molecule has 0 radical (unpaired) electrons. The van der Waals surface area contributed by atoms with E-state index in [1.807, 2.05) is 5.23 Å². The van der Waals surface area contributed by atoms with Crippen molar-refractivity contribution in [2.24, 2.45) is 0 Å². The van der Waals surface area contributed by atoms with Crippen molar-refractivity contribution in [3.8, 4) is 0 Å². The summed E-state index contributed by atoms with van der Waals surface area (Å²) in [6.07, 6.45) is 0. The molecule has 0 aliphatic carbocycles. The Morgan fingerprint density at radius 3 is 1.75 bits per heavy atom. The van der Waals surface area contributed by atoms with Crippen molar-refractivity contribution < 1.29 is 24.0 Å². The molecule has 0 rings (SSSR count). The van der Waals surface area contributed by atoms with E-state index in [-0.39, 0.29) is 0 Å². The zero-order valence-corrected chi connectivity index (χ0v) is 7.16. The van der Waals surface area contributed by atoms with Crippen LogP contribution in [0.1, 0.15) is 0 Å². The molecule has 0 fully saturated rings. The molecular weight excluding hydrogens is 140 g/mol. The van der Waals surface area contributed by atoms with Gasteiger partial charge in [-0.3, -0.25) is 0 Å². The molecule has 0 aliphatic rings. The molecule has 48 valence electrons. The fourth-order valence-electron chi connectivity index (χ4n) is 0.250. The first-order chi connectivity index (χ1) is 3.68. The minimum absolute atomic E-state index is 1.66. The van der Waals surface area contributed by atoms with Gasteiger partial charge in [-0.1, -0.05) is 0 Å². The molecule has 0 aliphatic heterocycles. The summed E-state index contributed by atoms with van der Waals surface area (Å²) in [4.78, 5) is 0. The van der Waals surface area contributed by atoms with E-state index in [1.165, 1.54) is 0 Å². The van der Waals surface area contributed by atoms with Gasteiger partial charge < -0.3 is 0 Å². The Kier molecular flexibility index (Phi) is 3.57. The monoisotopic (exact) mass is 152 g/mol. The third-order valence-corrected chi connectivity index (χ3v) is 4.87. The van der Waals surface area contributed by atoms with E-state index in [1.54, 1.807) is 18.6 Å². The maximum absolute atomic E-state index is 5.08. The Balaban J connectivity index is 3.76. The first kappa shape index (κ1) is 8.37. The second-order valence-electron chi connectivity index (χ2n) is 1.63. The van der Waals surface area contributed by atoms with Crippen LogP contribution in [0.2, 0.25) is 5.23 Å². The number of hydrogen-bond donors (Lipinski definition) is 0. The normalized spacial score (nSPS) is 11.4. The van der Waals surface area contributed by atoms with Crippen molar-refractivity contribution in [1.82, 2.24) is 0 Å². The molecule has 0 bridgehead atoms. The molecule has 8 heavy (non-hydrogen) atoms. The van der Waals surface area contributed by atoms with Gasteiger partial charge in [0, 0.05) is 0 Å². The molecule has 0 saturated carbocycles. The molecule has 0 spiro atoms. The van der Waals surface area contributed by atoms with E-state index in [0.29, 0.717) is 0 Å². The van der Waals surface area contributed by atoms with Crippen molar-refractivity contribution in [3.05, 3.63) is 11.0 Å². The quantitative estimate of drug-likeness (QED) is 0.570. The molecule has 0 atom stereocenters. The summed E-state index contributed by atoms with van der Waals surface area (Å²) in [5.41, 5.74) is 0. The average molecular weight is 152 g/mol. The van der Waals surface area contributed by atoms with Gasteiger partial charge in [0.15, 0.2) is 0 Å². The van der Waals surface area contributed by atoms with Crippen LogP contribution in [0.25, 0.3) is 0 Å². The van der Waals surface area contributed by atoms with Crippen LogP contribution in [0.4, 0.5) is 0 Å². The van der Waals surface area contributed by atoms with Crippen LogP contribution in [0, 0.1) is 0 Å². The summed E-state index contributed by atoms with van der Waals surface area (Å²) < 4.78 is 12.0. The zero-order valence-electron chi connectivity index (χ0n) is 5.60. The summed E-state index contributed by atoms with van der Waals surface area (Å²) >= 11 is -2.36. The molecule has 0 saturated heterocycles. The molecular formula is C5H12O2Ti. The van der Waals surface area contributed by atoms with Gasteiger partial charge in [-0.2, -0.15) is 0 Å². The second kappa shape index (κ2) is 3.41. The maximum atomic E-state index is 5.08. The van der Waals surface area contributed by atoms with Crippen LogP contribution in [-0.2, 0) is 24.0 Å². The molecule has 0 N–H and O–H groups in total. The fourth-order valence-corrected chi connectivity index (χ4v) is 1.03. The minimum atomic E-state index is -2.36. The van der Waals surface area contributed by atoms with E-state index < -0.39 is 17.4 Å². The SMILES string of the molecule is C=[CH][Ti]([CH3])([O]C)[O]C. The van der Waals surface area contributed by atoms with Crippen molar-refractivity contribution >= 4 is 0 Å². The third kappa shape index (κ3) is 2.10. The van der Waals surface area contributed by atoms with E-state index in [9.17, 15) is 0 Å². The second-order valence-corrected chi connectivity index (χ2v) is 6.71. The van der Waals surface area contributed by atoms with Gasteiger partial charge in [0.25, 0.3) is 0 Å². The average Bonchev–Trinajstić information content (AvgIpc) is 1.87. The van der Waals surface area contributed by atoms with Crippen molar-refractivity contribution in [1.29, 1.82) is 0 Å². The van der Waals surface area contributed by atoms with Gasteiger partial charge >= 0.3 is 54.4 Å². The summed E-state index contributed by atoms with van der Waals surface area (Å²) in [5, 5.41) is 1.98. The van der Waals surface area contributed by atoms with Gasteiger partial charge in [0.1, 0.15) is 0 Å². The topological polar surface area (TPSA) is 18.5 Å². The van der Waals surface area contributed by atoms with E-state index in [2.05, 4.69) is 6.58 Å². The Hall–Kier alpha value is 0.374. The zero-order chi connectivity index (χ0) is 6.62. The van der Waals surface area contributed by atoms with Crippen molar-refractivity contribution in [2.75, 3.05) is 14.2 Å².